The molecule has 3 aliphatic rings. The average molecular weight is 340 g/mol. The smallest absolute Gasteiger partial charge is 0.126 e. The van der Waals surface area contributed by atoms with Crippen LogP contribution in [-0.2, 0) is 11.2 Å². The van der Waals surface area contributed by atoms with Gasteiger partial charge in [0.1, 0.15) is 17.3 Å². The van der Waals surface area contributed by atoms with Gasteiger partial charge in [0.15, 0.2) is 0 Å². The van der Waals surface area contributed by atoms with Crippen molar-refractivity contribution in [3.05, 3.63) is 47.2 Å². The molecule has 1 aromatic carbocycles. The summed E-state index contributed by atoms with van der Waals surface area (Å²) in [6.45, 7) is 0. The Kier molecular flexibility index (Phi) is 4.49. The molecule has 1 aromatic rings. The largest absolute Gasteiger partial charge is 0.497 e. The molecule has 0 radical (unpaired) electrons. The van der Waals surface area contributed by atoms with Gasteiger partial charge in [-0.25, -0.2) is 0 Å². The van der Waals surface area contributed by atoms with E-state index in [4.69, 9.17) is 14.2 Å². The zero-order valence-corrected chi connectivity index (χ0v) is 15.5. The summed E-state index contributed by atoms with van der Waals surface area (Å²) < 4.78 is 16.6. The lowest BCUT2D eigenvalue weighted by atomic mass is 9.65. The first-order valence-corrected chi connectivity index (χ1v) is 9.42. The van der Waals surface area contributed by atoms with Crippen LogP contribution in [0.4, 0.5) is 0 Å². The number of allylic oxidation sites excluding steroid dienone is 3. The SMILES string of the molecule is COC1=CCC([C@@H]2Cc3c(OC)cc(OC)cc3[C@@H]3CCC[C@@H]32)C=C1. The van der Waals surface area contributed by atoms with Gasteiger partial charge in [-0.3, -0.25) is 0 Å². The summed E-state index contributed by atoms with van der Waals surface area (Å²) in [5.41, 5.74) is 2.88. The van der Waals surface area contributed by atoms with Gasteiger partial charge in [0.25, 0.3) is 0 Å². The molecule has 25 heavy (non-hydrogen) atoms. The van der Waals surface area contributed by atoms with Crippen molar-refractivity contribution >= 4 is 0 Å². The molecule has 1 unspecified atom stereocenters. The van der Waals surface area contributed by atoms with Crippen LogP contribution < -0.4 is 9.47 Å². The van der Waals surface area contributed by atoms with Gasteiger partial charge < -0.3 is 14.2 Å². The van der Waals surface area contributed by atoms with E-state index in [1.807, 2.05) is 6.07 Å². The fraction of sp³-hybridized carbons (Fsp3) is 0.545. The molecule has 4 atom stereocenters. The number of methoxy groups -OCH3 is 3. The predicted octanol–water partition coefficient (Wildman–Crippen LogP) is 4.87. The molecule has 0 heterocycles. The summed E-state index contributed by atoms with van der Waals surface area (Å²) >= 11 is 0. The first-order chi connectivity index (χ1) is 12.2. The normalized spacial score (nSPS) is 30.3. The van der Waals surface area contributed by atoms with Gasteiger partial charge >= 0.3 is 0 Å². The molecule has 1 fully saturated rings. The van der Waals surface area contributed by atoms with Crippen molar-refractivity contribution in [2.45, 2.75) is 38.0 Å². The Labute approximate surface area is 150 Å². The molecule has 0 N–H and O–H groups in total. The molecular weight excluding hydrogens is 312 g/mol. The lowest BCUT2D eigenvalue weighted by Gasteiger charge is -2.40. The van der Waals surface area contributed by atoms with Crippen molar-refractivity contribution in [1.29, 1.82) is 0 Å². The summed E-state index contributed by atoms with van der Waals surface area (Å²) in [5.74, 6) is 5.63. The second-order valence-electron chi connectivity index (χ2n) is 7.54. The Balaban J connectivity index is 1.70. The van der Waals surface area contributed by atoms with Gasteiger partial charge in [0.2, 0.25) is 0 Å². The highest BCUT2D eigenvalue weighted by atomic mass is 16.5. The summed E-state index contributed by atoms with van der Waals surface area (Å²) in [4.78, 5) is 0. The van der Waals surface area contributed by atoms with E-state index in [-0.39, 0.29) is 0 Å². The number of fused-ring (bicyclic) bond motifs is 3. The van der Waals surface area contributed by atoms with Gasteiger partial charge in [0, 0.05) is 6.07 Å². The van der Waals surface area contributed by atoms with Crippen molar-refractivity contribution < 1.29 is 14.2 Å². The van der Waals surface area contributed by atoms with Gasteiger partial charge in [0.05, 0.1) is 21.3 Å². The third-order valence-corrected chi connectivity index (χ3v) is 6.52. The Morgan fingerprint density at radius 1 is 0.960 bits per heavy atom. The maximum Gasteiger partial charge on any atom is 0.126 e. The van der Waals surface area contributed by atoms with E-state index in [2.05, 4.69) is 24.3 Å². The molecule has 0 amide bonds. The van der Waals surface area contributed by atoms with E-state index >= 15 is 0 Å². The van der Waals surface area contributed by atoms with Crippen LogP contribution in [-0.4, -0.2) is 21.3 Å². The summed E-state index contributed by atoms with van der Waals surface area (Å²) in [5, 5.41) is 0. The molecule has 3 nitrogen and oxygen atoms in total. The third-order valence-electron chi connectivity index (χ3n) is 6.52. The predicted molar refractivity (Wildman–Crippen MR) is 99.2 cm³/mol. The van der Waals surface area contributed by atoms with Crippen molar-refractivity contribution in [2.24, 2.45) is 17.8 Å². The summed E-state index contributed by atoms with van der Waals surface area (Å²) in [6.07, 6.45) is 12.9. The molecule has 3 aliphatic carbocycles. The monoisotopic (exact) mass is 340 g/mol. The van der Waals surface area contributed by atoms with Crippen LogP contribution in [0.5, 0.6) is 11.5 Å². The van der Waals surface area contributed by atoms with Crippen molar-refractivity contribution in [2.75, 3.05) is 21.3 Å². The maximum absolute atomic E-state index is 5.74. The molecule has 1 saturated carbocycles. The van der Waals surface area contributed by atoms with Gasteiger partial charge in [-0.2, -0.15) is 0 Å². The van der Waals surface area contributed by atoms with Gasteiger partial charge in [-0.15, -0.1) is 0 Å². The fourth-order valence-electron chi connectivity index (χ4n) is 5.32. The molecule has 0 aromatic heterocycles. The average Bonchev–Trinajstić information content (AvgIpc) is 3.16. The zero-order valence-electron chi connectivity index (χ0n) is 15.5. The summed E-state index contributed by atoms with van der Waals surface area (Å²) in [6, 6.07) is 4.31. The molecule has 3 heteroatoms. The first kappa shape index (κ1) is 16.6. The van der Waals surface area contributed by atoms with E-state index < -0.39 is 0 Å². The van der Waals surface area contributed by atoms with Crippen LogP contribution in [0.3, 0.4) is 0 Å². The lowest BCUT2D eigenvalue weighted by molar-refractivity contribution is 0.217. The number of hydrogen-bond donors (Lipinski definition) is 0. The molecule has 0 saturated heterocycles. The van der Waals surface area contributed by atoms with Crippen LogP contribution in [0.25, 0.3) is 0 Å². The van der Waals surface area contributed by atoms with E-state index in [9.17, 15) is 0 Å². The van der Waals surface area contributed by atoms with E-state index in [1.54, 1.807) is 21.3 Å². The molecule has 0 spiro atoms. The van der Waals surface area contributed by atoms with Crippen LogP contribution in [0, 0.1) is 17.8 Å². The maximum atomic E-state index is 5.74. The zero-order chi connectivity index (χ0) is 17.4. The van der Waals surface area contributed by atoms with Crippen molar-refractivity contribution in [3.63, 3.8) is 0 Å². The highest BCUT2D eigenvalue weighted by Crippen LogP contribution is 2.54. The molecule has 0 aliphatic heterocycles. The van der Waals surface area contributed by atoms with Crippen LogP contribution >= 0.6 is 0 Å². The Hall–Kier alpha value is -1.90. The quantitative estimate of drug-likeness (QED) is 0.783. The Bertz CT molecular complexity index is 703. The van der Waals surface area contributed by atoms with Crippen LogP contribution in [0.1, 0.15) is 42.7 Å². The minimum Gasteiger partial charge on any atom is -0.497 e. The first-order valence-electron chi connectivity index (χ1n) is 9.42. The number of benzene rings is 1. The summed E-state index contributed by atoms with van der Waals surface area (Å²) in [7, 11) is 5.27. The standard InChI is InChI=1S/C22H28O3/c1-23-15-9-7-14(8-10-15)19-13-21-20(18-6-4-5-17(18)19)11-16(24-2)12-22(21)25-3/h7,9-12,14,17-19H,4-6,8,13H2,1-3H3/t14?,17-,18+,19-/m0/s1. The second-order valence-corrected chi connectivity index (χ2v) is 7.54. The van der Waals surface area contributed by atoms with Crippen LogP contribution in [0.2, 0.25) is 0 Å². The molecule has 4 rings (SSSR count). The second kappa shape index (κ2) is 6.78. The third kappa shape index (κ3) is 2.84. The van der Waals surface area contributed by atoms with Gasteiger partial charge in [-0.1, -0.05) is 12.5 Å². The van der Waals surface area contributed by atoms with Crippen molar-refractivity contribution in [3.8, 4) is 11.5 Å². The van der Waals surface area contributed by atoms with Crippen molar-refractivity contribution in [1.82, 2.24) is 0 Å². The molecule has 0 bridgehead atoms. The van der Waals surface area contributed by atoms with E-state index in [0.717, 1.165) is 36.0 Å². The number of rotatable bonds is 4. The van der Waals surface area contributed by atoms with E-state index in [1.165, 1.54) is 30.4 Å². The Morgan fingerprint density at radius 2 is 1.84 bits per heavy atom. The Morgan fingerprint density at radius 3 is 2.52 bits per heavy atom. The van der Waals surface area contributed by atoms with E-state index in [0.29, 0.717) is 17.8 Å². The van der Waals surface area contributed by atoms with Gasteiger partial charge in [-0.05, 0) is 78.7 Å². The highest BCUT2D eigenvalue weighted by molar-refractivity contribution is 5.50. The lowest BCUT2D eigenvalue weighted by Crippen LogP contribution is -2.32. The van der Waals surface area contributed by atoms with Crippen LogP contribution in [0.15, 0.2) is 36.1 Å². The molecular formula is C22H28O3. The highest BCUT2D eigenvalue weighted by Gasteiger charge is 2.43. The minimum absolute atomic E-state index is 0.601. The number of ether oxygens (including phenoxy) is 3. The molecule has 134 valence electrons. The number of hydrogen-bond acceptors (Lipinski definition) is 3. The minimum atomic E-state index is 0.601. The topological polar surface area (TPSA) is 27.7 Å². The fourth-order valence-corrected chi connectivity index (χ4v) is 5.32.